The highest BCUT2D eigenvalue weighted by atomic mass is 19.4. The molecule has 3 heterocycles. The van der Waals surface area contributed by atoms with E-state index in [0.717, 1.165) is 43.2 Å². The van der Waals surface area contributed by atoms with Crippen LogP contribution in [-0.4, -0.2) is 102 Å². The number of hydrogen-bond donors (Lipinski definition) is 1. The summed E-state index contributed by atoms with van der Waals surface area (Å²) < 4.78 is 88.1. The number of rotatable bonds is 9. The Hall–Kier alpha value is -4.57. The number of likely N-dealkylation sites (N-methyl/N-ethyl adjacent to an activating group) is 1. The van der Waals surface area contributed by atoms with Gasteiger partial charge in [0.05, 0.1) is 11.7 Å². The first kappa shape index (κ1) is 38.7. The van der Waals surface area contributed by atoms with Gasteiger partial charge in [-0.15, -0.1) is 13.2 Å². The lowest BCUT2D eigenvalue weighted by Crippen LogP contribution is -2.48. The maximum atomic E-state index is 13.3. The highest BCUT2D eigenvalue weighted by molar-refractivity contribution is 5.98. The van der Waals surface area contributed by atoms with Gasteiger partial charge in [0.2, 0.25) is 0 Å². The van der Waals surface area contributed by atoms with Crippen molar-refractivity contribution in [3.8, 4) is 28.1 Å². The molecule has 0 bridgehead atoms. The summed E-state index contributed by atoms with van der Waals surface area (Å²) in [6.07, 6.45) is -11.1. The Balaban J connectivity index is 1.48. The second-order valence-corrected chi connectivity index (χ2v) is 14.0. The molecule has 2 aromatic carbocycles. The molecule has 3 aromatic rings. The Morgan fingerprint density at radius 1 is 0.923 bits per heavy atom. The zero-order chi connectivity index (χ0) is 38.0. The van der Waals surface area contributed by atoms with Crippen LogP contribution >= 0.6 is 0 Å². The van der Waals surface area contributed by atoms with E-state index in [1.165, 1.54) is 18.2 Å². The fourth-order valence-electron chi connectivity index (χ4n) is 6.49. The summed E-state index contributed by atoms with van der Waals surface area (Å²) in [6, 6.07) is 14.5. The van der Waals surface area contributed by atoms with E-state index in [1.807, 2.05) is 28.8 Å². The predicted octanol–water partition coefficient (Wildman–Crippen LogP) is 6.86. The third-order valence-corrected chi connectivity index (χ3v) is 9.10. The smallest absolute Gasteiger partial charge is 0.406 e. The van der Waals surface area contributed by atoms with Crippen molar-refractivity contribution in [2.45, 2.75) is 64.3 Å². The van der Waals surface area contributed by atoms with Gasteiger partial charge in [-0.2, -0.15) is 13.2 Å². The molecule has 0 spiro atoms. The third kappa shape index (κ3) is 9.45. The molecule has 1 saturated heterocycles. The maximum Gasteiger partial charge on any atom is 0.573 e. The van der Waals surface area contributed by atoms with Gasteiger partial charge in [-0.25, -0.2) is 9.59 Å². The van der Waals surface area contributed by atoms with E-state index in [0.29, 0.717) is 28.8 Å². The number of carbonyl (C=O) groups is 3. The third-order valence-electron chi connectivity index (χ3n) is 9.10. The molecule has 0 unspecified atom stereocenters. The Morgan fingerprint density at radius 3 is 2.21 bits per heavy atom. The van der Waals surface area contributed by atoms with Crippen molar-refractivity contribution in [3.05, 3.63) is 65.9 Å². The van der Waals surface area contributed by atoms with Gasteiger partial charge in [-0.1, -0.05) is 36.4 Å². The maximum absolute atomic E-state index is 13.3. The monoisotopic (exact) mass is 737 g/mol. The van der Waals surface area contributed by atoms with Crippen molar-refractivity contribution in [1.82, 2.24) is 24.6 Å². The molecule has 1 fully saturated rings. The van der Waals surface area contributed by atoms with Crippen molar-refractivity contribution in [3.63, 3.8) is 0 Å². The van der Waals surface area contributed by atoms with Crippen LogP contribution in [-0.2, 0) is 16.1 Å². The number of piperazine rings is 1. The van der Waals surface area contributed by atoms with Crippen LogP contribution in [0.15, 0.2) is 54.6 Å². The summed E-state index contributed by atoms with van der Waals surface area (Å²) in [5, 5.41) is 2.85. The normalized spacial score (nSPS) is 17.3. The van der Waals surface area contributed by atoms with Crippen molar-refractivity contribution >= 4 is 18.0 Å². The number of amides is 2. The zero-order valence-corrected chi connectivity index (χ0v) is 29.2. The van der Waals surface area contributed by atoms with Crippen molar-refractivity contribution < 1.29 is 50.2 Å². The average molecular weight is 738 g/mol. The molecule has 0 saturated carbocycles. The molecular weight excluding hydrogens is 696 g/mol. The lowest BCUT2D eigenvalue weighted by molar-refractivity contribution is -0.274. The van der Waals surface area contributed by atoms with Crippen LogP contribution in [0.25, 0.3) is 22.4 Å². The van der Waals surface area contributed by atoms with Gasteiger partial charge in [0, 0.05) is 56.9 Å². The Labute approximate surface area is 297 Å². The van der Waals surface area contributed by atoms with Gasteiger partial charge in [0.1, 0.15) is 11.4 Å². The number of fused-ring (bicyclic) bond motifs is 1. The highest BCUT2D eigenvalue weighted by Gasteiger charge is 2.44. The molecule has 5 rings (SSSR count). The van der Waals surface area contributed by atoms with E-state index in [9.17, 15) is 40.7 Å². The number of esters is 1. The molecular formula is C36H41F6N5O5. The molecule has 1 atom stereocenters. The van der Waals surface area contributed by atoms with Gasteiger partial charge < -0.3 is 29.2 Å². The quantitative estimate of drug-likeness (QED) is 0.146. The number of halogens is 6. The van der Waals surface area contributed by atoms with Crippen LogP contribution in [0, 0.1) is 0 Å². The molecule has 52 heavy (non-hydrogen) atoms. The Morgan fingerprint density at radius 2 is 1.60 bits per heavy atom. The van der Waals surface area contributed by atoms with Gasteiger partial charge in [-0.3, -0.25) is 9.69 Å². The molecule has 16 heteroatoms. The standard InChI is InChI=1S/C36H41F6N5O5/c1-34(2,3)46(33(50)51-32(49)35(37,38)39)14-6-8-26-21-43-31(48)29-20-28(25-7-5-9-27(19-25)52-36(40,41)42)30(47(26)29)24-12-10-23(11-13-24)22-45-17-15-44(4)16-18-45/h5,7,9-13,19-20,26H,6,8,14-18,21-22H2,1-4H3,(H,43,48)/t26-/m0/s1. The largest absolute Gasteiger partial charge is 0.573 e. The van der Waals surface area contributed by atoms with Crippen molar-refractivity contribution in [1.29, 1.82) is 0 Å². The lowest BCUT2D eigenvalue weighted by atomic mass is 9.99. The van der Waals surface area contributed by atoms with E-state index in [4.69, 9.17) is 0 Å². The average Bonchev–Trinajstić information content (AvgIpc) is 3.45. The number of nitrogens with one attached hydrogen (secondary N) is 1. The molecule has 2 aliphatic rings. The summed E-state index contributed by atoms with van der Waals surface area (Å²) >= 11 is 0. The summed E-state index contributed by atoms with van der Waals surface area (Å²) in [5.74, 6) is -3.44. The highest BCUT2D eigenvalue weighted by Crippen LogP contribution is 2.41. The minimum Gasteiger partial charge on any atom is -0.406 e. The lowest BCUT2D eigenvalue weighted by Gasteiger charge is -2.35. The molecule has 0 radical (unpaired) electrons. The van der Waals surface area contributed by atoms with Crippen LogP contribution in [0.1, 0.15) is 55.7 Å². The minimum absolute atomic E-state index is 0.0749. The molecule has 1 N–H and O–H groups in total. The summed E-state index contributed by atoms with van der Waals surface area (Å²) in [4.78, 5) is 43.0. The van der Waals surface area contributed by atoms with Crippen LogP contribution in [0.2, 0.25) is 0 Å². The fraction of sp³-hybridized carbons (Fsp3) is 0.472. The molecule has 2 aliphatic heterocycles. The number of hydrogen-bond acceptors (Lipinski definition) is 7. The summed E-state index contributed by atoms with van der Waals surface area (Å²) in [7, 11) is 2.08. The van der Waals surface area contributed by atoms with Crippen molar-refractivity contribution in [2.24, 2.45) is 0 Å². The second-order valence-electron chi connectivity index (χ2n) is 14.0. The Kier molecular flexibility index (Phi) is 11.3. The van der Waals surface area contributed by atoms with E-state index in [2.05, 4.69) is 31.6 Å². The fourth-order valence-corrected chi connectivity index (χ4v) is 6.49. The van der Waals surface area contributed by atoms with Gasteiger partial charge in [0.15, 0.2) is 0 Å². The van der Waals surface area contributed by atoms with Gasteiger partial charge in [-0.05, 0) is 75.5 Å². The number of alkyl halides is 6. The number of nitrogens with zero attached hydrogens (tertiary/aromatic N) is 4. The first-order valence-corrected chi connectivity index (χ1v) is 16.8. The Bertz CT molecular complexity index is 1760. The number of ether oxygens (including phenoxy) is 2. The summed E-state index contributed by atoms with van der Waals surface area (Å²) in [6.45, 7) is 9.35. The predicted molar refractivity (Wildman–Crippen MR) is 179 cm³/mol. The molecule has 282 valence electrons. The van der Waals surface area contributed by atoms with E-state index in [1.54, 1.807) is 32.9 Å². The first-order valence-electron chi connectivity index (χ1n) is 16.8. The molecule has 2 amide bonds. The number of benzene rings is 2. The second kappa shape index (κ2) is 15.2. The van der Waals surface area contributed by atoms with Crippen LogP contribution in [0.5, 0.6) is 5.75 Å². The van der Waals surface area contributed by atoms with Crippen LogP contribution in [0.4, 0.5) is 31.1 Å². The molecule has 10 nitrogen and oxygen atoms in total. The molecule has 1 aromatic heterocycles. The first-order chi connectivity index (χ1) is 24.3. The van der Waals surface area contributed by atoms with E-state index in [-0.39, 0.29) is 25.2 Å². The molecule has 0 aliphatic carbocycles. The minimum atomic E-state index is -5.35. The summed E-state index contributed by atoms with van der Waals surface area (Å²) in [5.41, 5.74) is 2.46. The van der Waals surface area contributed by atoms with Gasteiger partial charge >= 0.3 is 24.6 Å². The van der Waals surface area contributed by atoms with E-state index < -0.39 is 47.8 Å². The number of carbonyl (C=O) groups excluding carboxylic acids is 3. The zero-order valence-electron chi connectivity index (χ0n) is 29.2. The van der Waals surface area contributed by atoms with Gasteiger partial charge in [0.25, 0.3) is 5.91 Å². The van der Waals surface area contributed by atoms with Crippen LogP contribution in [0.3, 0.4) is 0 Å². The van der Waals surface area contributed by atoms with E-state index >= 15 is 0 Å². The van der Waals surface area contributed by atoms with Crippen LogP contribution < -0.4 is 10.1 Å². The number of aromatic nitrogens is 1. The topological polar surface area (TPSA) is 96.3 Å². The SMILES string of the molecule is CN1CCN(Cc2ccc(-c3c(-c4cccc(OC(F)(F)F)c4)cc4n3[C@@H](CCCN(C(=O)OC(=O)C(F)(F)F)C(C)(C)C)CNC4=O)cc2)CC1. The van der Waals surface area contributed by atoms with Crippen molar-refractivity contribution in [2.75, 3.05) is 46.3 Å².